The Bertz CT molecular complexity index is 1080. The second-order valence-electron chi connectivity index (χ2n) is 8.41. The number of ether oxygens (including phenoxy) is 1. The number of carboxylic acids is 1. The van der Waals surface area contributed by atoms with Crippen molar-refractivity contribution in [1.82, 2.24) is 24.9 Å². The van der Waals surface area contributed by atoms with E-state index in [1.807, 2.05) is 0 Å². The smallest absolute Gasteiger partial charge is 0.407 e. The largest absolute Gasteiger partial charge is 0.477 e. The first-order valence-electron chi connectivity index (χ1n) is 10.4. The maximum absolute atomic E-state index is 13.0. The van der Waals surface area contributed by atoms with Crippen LogP contribution in [-0.4, -0.2) is 84.4 Å². The van der Waals surface area contributed by atoms with E-state index >= 15 is 0 Å². The molecule has 1 saturated heterocycles. The van der Waals surface area contributed by atoms with Gasteiger partial charge in [-0.15, -0.1) is 11.8 Å². The van der Waals surface area contributed by atoms with Gasteiger partial charge in [-0.2, -0.15) is 9.36 Å². The van der Waals surface area contributed by atoms with E-state index in [9.17, 15) is 24.3 Å². The van der Waals surface area contributed by atoms with Crippen LogP contribution in [0.4, 0.5) is 9.93 Å². The van der Waals surface area contributed by atoms with Crippen molar-refractivity contribution in [2.45, 2.75) is 50.0 Å². The molecule has 3 heterocycles. The van der Waals surface area contributed by atoms with Crippen molar-refractivity contribution in [2.75, 3.05) is 18.9 Å². The second kappa shape index (κ2) is 10.5. The Hall–Kier alpha value is -3.40. The number of nitrogens with one attached hydrogen (secondary N) is 2. The third kappa shape index (κ3) is 6.39. The summed E-state index contributed by atoms with van der Waals surface area (Å²) in [5.41, 5.74) is 4.50. The topological polar surface area (TPSA) is 198 Å². The monoisotopic (exact) mass is 527 g/mol. The average Bonchev–Trinajstić information content (AvgIpc) is 3.18. The molecular weight excluding hydrogens is 502 g/mol. The molecule has 3 rings (SSSR count). The molecule has 0 aliphatic carbocycles. The standard InChI is InChI=1S/C19H25N7O7S2/c1-8-7-9(16(29)30)26-14(28)11(15(26)34-8)22-13(27)10(12-23-17(20)35-25-12)24-32-6-5-21-18(31)33-19(2,3)4/h7-8,11,15H,5-6H2,1-4H3,(H,21,31)(H,22,27)(H,29,30)(H2,20,23,25)/b24-10+. The summed E-state index contributed by atoms with van der Waals surface area (Å²) < 4.78 is 9.07. The summed E-state index contributed by atoms with van der Waals surface area (Å²) in [4.78, 5) is 58.9. The van der Waals surface area contributed by atoms with Gasteiger partial charge < -0.3 is 31.0 Å². The molecule has 3 amide bonds. The molecule has 0 bridgehead atoms. The minimum Gasteiger partial charge on any atom is -0.477 e. The molecule has 0 spiro atoms. The number of rotatable bonds is 8. The molecule has 1 fully saturated rings. The van der Waals surface area contributed by atoms with Crippen molar-refractivity contribution < 1.29 is 33.9 Å². The highest BCUT2D eigenvalue weighted by atomic mass is 32.2. The fourth-order valence-corrected chi connectivity index (χ4v) is 4.84. The minimum absolute atomic E-state index is 0.0386. The van der Waals surface area contributed by atoms with Crippen LogP contribution in [0.1, 0.15) is 33.5 Å². The Balaban J connectivity index is 1.65. The molecule has 5 N–H and O–H groups in total. The summed E-state index contributed by atoms with van der Waals surface area (Å²) in [6.45, 7) is 6.90. The van der Waals surface area contributed by atoms with Crippen molar-refractivity contribution in [3.63, 3.8) is 0 Å². The SMILES string of the molecule is CC1C=C(C(=O)O)N2C(=O)C(NC(=O)/C(=N/OCCNC(=O)OC(C)(C)C)c3nsc(N)n3)C2S1. The summed E-state index contributed by atoms with van der Waals surface area (Å²) in [5.74, 6) is -2.70. The number of aromatic nitrogens is 2. The van der Waals surface area contributed by atoms with E-state index in [2.05, 4.69) is 25.1 Å². The molecule has 0 saturated carbocycles. The zero-order chi connectivity index (χ0) is 25.9. The minimum atomic E-state index is -1.22. The van der Waals surface area contributed by atoms with Crippen molar-refractivity contribution in [3.8, 4) is 0 Å². The molecule has 2 aliphatic heterocycles. The van der Waals surface area contributed by atoms with Crippen LogP contribution < -0.4 is 16.4 Å². The van der Waals surface area contributed by atoms with Crippen LogP contribution in [-0.2, 0) is 24.0 Å². The molecule has 16 heteroatoms. The Morgan fingerprint density at radius 1 is 1.34 bits per heavy atom. The number of carbonyl (C=O) groups is 4. The van der Waals surface area contributed by atoms with Gasteiger partial charge in [0.25, 0.3) is 11.8 Å². The van der Waals surface area contributed by atoms with Gasteiger partial charge in [-0.05, 0) is 33.8 Å². The van der Waals surface area contributed by atoms with E-state index in [0.29, 0.717) is 0 Å². The first-order chi connectivity index (χ1) is 16.4. The maximum atomic E-state index is 13.0. The maximum Gasteiger partial charge on any atom is 0.407 e. The van der Waals surface area contributed by atoms with Gasteiger partial charge in [0.05, 0.1) is 6.54 Å². The van der Waals surface area contributed by atoms with E-state index in [1.165, 1.54) is 17.8 Å². The lowest BCUT2D eigenvalue weighted by atomic mass is 10.0. The van der Waals surface area contributed by atoms with E-state index in [4.69, 9.17) is 15.3 Å². The molecule has 35 heavy (non-hydrogen) atoms. The summed E-state index contributed by atoms with van der Waals surface area (Å²) >= 11 is 2.17. The first kappa shape index (κ1) is 26.2. The number of anilines is 1. The zero-order valence-electron chi connectivity index (χ0n) is 19.3. The molecule has 1 aromatic rings. The predicted molar refractivity (Wildman–Crippen MR) is 126 cm³/mol. The number of amides is 3. The van der Waals surface area contributed by atoms with Gasteiger partial charge in [-0.3, -0.25) is 14.5 Å². The summed E-state index contributed by atoms with van der Waals surface area (Å²) in [7, 11) is 0. The number of nitrogens with zero attached hydrogens (tertiary/aromatic N) is 4. The van der Waals surface area contributed by atoms with Crippen molar-refractivity contribution in [3.05, 3.63) is 17.6 Å². The number of nitrogen functional groups attached to an aromatic ring is 1. The molecule has 2 aliphatic rings. The lowest BCUT2D eigenvalue weighted by Gasteiger charge is -2.49. The van der Waals surface area contributed by atoms with Crippen LogP contribution in [0.2, 0.25) is 0 Å². The number of nitrogens with two attached hydrogens (primary N) is 1. The van der Waals surface area contributed by atoms with Gasteiger partial charge >= 0.3 is 12.1 Å². The quantitative estimate of drug-likeness (QED) is 0.155. The Labute approximate surface area is 208 Å². The number of carbonyl (C=O) groups excluding carboxylic acids is 3. The Kier molecular flexibility index (Phi) is 7.84. The molecular formula is C19H25N7O7S2. The number of fused-ring (bicyclic) bond motifs is 1. The fourth-order valence-electron chi connectivity index (χ4n) is 3.08. The molecule has 0 aromatic carbocycles. The summed E-state index contributed by atoms with van der Waals surface area (Å²) in [6, 6.07) is -0.979. The highest BCUT2D eigenvalue weighted by Gasteiger charge is 2.54. The van der Waals surface area contributed by atoms with E-state index in [0.717, 1.165) is 16.4 Å². The number of thioether (sulfide) groups is 1. The van der Waals surface area contributed by atoms with Gasteiger partial charge in [0.1, 0.15) is 29.3 Å². The van der Waals surface area contributed by atoms with Crippen molar-refractivity contribution in [2.24, 2.45) is 5.16 Å². The number of hydrogen-bond acceptors (Lipinski definition) is 12. The number of hydrogen-bond donors (Lipinski definition) is 4. The van der Waals surface area contributed by atoms with Gasteiger partial charge in [-0.25, -0.2) is 9.59 Å². The normalized spacial score (nSPS) is 21.9. The Morgan fingerprint density at radius 3 is 2.66 bits per heavy atom. The highest BCUT2D eigenvalue weighted by Crippen LogP contribution is 2.40. The third-order valence-corrected chi connectivity index (χ3v) is 6.31. The number of carboxylic acid groups (broad SMARTS) is 1. The molecule has 14 nitrogen and oxygen atoms in total. The molecule has 3 atom stereocenters. The van der Waals surface area contributed by atoms with Crippen LogP contribution in [0, 0.1) is 0 Å². The molecule has 1 aromatic heterocycles. The number of alkyl carbamates (subject to hydrolysis) is 1. The van der Waals surface area contributed by atoms with Gasteiger partial charge in [-0.1, -0.05) is 5.16 Å². The number of oxime groups is 1. The fraction of sp³-hybridized carbons (Fsp3) is 0.526. The first-order valence-corrected chi connectivity index (χ1v) is 12.1. The van der Waals surface area contributed by atoms with Crippen LogP contribution >= 0.6 is 23.3 Å². The summed E-state index contributed by atoms with van der Waals surface area (Å²) in [5, 5.41) is 17.5. The number of β-lactam (4-membered cyclic amide) rings is 1. The lowest BCUT2D eigenvalue weighted by Crippen LogP contribution is -2.71. The van der Waals surface area contributed by atoms with Crippen LogP contribution in [0.15, 0.2) is 16.9 Å². The van der Waals surface area contributed by atoms with Crippen molar-refractivity contribution >= 4 is 58.0 Å². The second-order valence-corrected chi connectivity index (χ2v) is 10.7. The van der Waals surface area contributed by atoms with Crippen LogP contribution in [0.5, 0.6) is 0 Å². The van der Waals surface area contributed by atoms with Crippen LogP contribution in [0.25, 0.3) is 0 Å². The van der Waals surface area contributed by atoms with E-state index in [-0.39, 0.29) is 40.8 Å². The number of aliphatic carboxylic acids is 1. The average molecular weight is 528 g/mol. The van der Waals surface area contributed by atoms with Crippen molar-refractivity contribution in [1.29, 1.82) is 0 Å². The molecule has 190 valence electrons. The summed E-state index contributed by atoms with van der Waals surface area (Å²) in [6.07, 6.45) is 0.840. The van der Waals surface area contributed by atoms with Gasteiger partial charge in [0.2, 0.25) is 11.5 Å². The lowest BCUT2D eigenvalue weighted by molar-refractivity contribution is -0.150. The zero-order valence-corrected chi connectivity index (χ0v) is 20.9. The Morgan fingerprint density at radius 2 is 2.06 bits per heavy atom. The molecule has 3 unspecified atom stereocenters. The van der Waals surface area contributed by atoms with Gasteiger partial charge in [0.15, 0.2) is 5.13 Å². The third-order valence-electron chi connectivity index (χ3n) is 4.44. The highest BCUT2D eigenvalue weighted by molar-refractivity contribution is 8.00. The van der Waals surface area contributed by atoms with Crippen LogP contribution in [0.3, 0.4) is 0 Å². The predicted octanol–water partition coefficient (Wildman–Crippen LogP) is 0.123. The van der Waals surface area contributed by atoms with E-state index in [1.54, 1.807) is 27.7 Å². The van der Waals surface area contributed by atoms with Gasteiger partial charge in [0, 0.05) is 16.8 Å². The molecule has 0 radical (unpaired) electrons. The van der Waals surface area contributed by atoms with E-state index < -0.39 is 40.9 Å².